The van der Waals surface area contributed by atoms with Crippen molar-refractivity contribution in [3.8, 4) is 0 Å². The maximum atomic E-state index is 10.7. The first kappa shape index (κ1) is 13.6. The van der Waals surface area contributed by atoms with E-state index in [1.165, 1.54) is 0 Å². The Balaban J connectivity index is 4.59. The van der Waals surface area contributed by atoms with Gasteiger partial charge >= 0.3 is 11.9 Å². The van der Waals surface area contributed by atoms with E-state index in [1.54, 1.807) is 0 Å². The molecule has 2 unspecified atom stereocenters. The number of rotatable bonds is 7. The molecule has 0 aliphatic rings. The summed E-state index contributed by atoms with van der Waals surface area (Å²) in [6.45, 7) is 2.91. The first-order chi connectivity index (χ1) is 6.91. The van der Waals surface area contributed by atoms with Gasteiger partial charge in [-0.25, -0.2) is 4.79 Å². The van der Waals surface area contributed by atoms with Crippen LogP contribution in [0, 0.1) is 5.92 Å². The van der Waals surface area contributed by atoms with Crippen molar-refractivity contribution in [3.63, 3.8) is 0 Å². The molecule has 15 heavy (non-hydrogen) atoms. The molecule has 0 bridgehead atoms. The lowest BCUT2D eigenvalue weighted by atomic mass is 9.91. The molecule has 0 aromatic heterocycles. The van der Waals surface area contributed by atoms with Gasteiger partial charge in [0.1, 0.15) is 5.92 Å². The van der Waals surface area contributed by atoms with E-state index in [1.807, 2.05) is 0 Å². The van der Waals surface area contributed by atoms with Crippen molar-refractivity contribution in [2.45, 2.75) is 18.9 Å². The number of aliphatic hydroxyl groups is 2. The van der Waals surface area contributed by atoms with E-state index in [0.717, 1.165) is 0 Å². The number of carboxylic acid groups (broad SMARTS) is 2. The third-order valence-electron chi connectivity index (χ3n) is 1.96. The Bertz CT molecular complexity index is 259. The van der Waals surface area contributed by atoms with Crippen LogP contribution < -0.4 is 0 Å². The number of aliphatic hydroxyl groups excluding tert-OH is 2. The van der Waals surface area contributed by atoms with Gasteiger partial charge in [0.15, 0.2) is 0 Å². The van der Waals surface area contributed by atoms with E-state index in [9.17, 15) is 14.7 Å². The van der Waals surface area contributed by atoms with E-state index in [4.69, 9.17) is 15.3 Å². The fraction of sp³-hybridized carbons (Fsp3) is 0.556. The summed E-state index contributed by atoms with van der Waals surface area (Å²) in [6, 6.07) is 0. The SMILES string of the molecule is C=C(C(=O)O)C(C(=O)O)C(O)CCCO. The second-order valence-corrected chi connectivity index (χ2v) is 3.08. The molecule has 0 aromatic carbocycles. The van der Waals surface area contributed by atoms with Gasteiger partial charge in [-0.05, 0) is 12.8 Å². The maximum absolute atomic E-state index is 10.7. The van der Waals surface area contributed by atoms with Crippen molar-refractivity contribution in [2.24, 2.45) is 5.92 Å². The van der Waals surface area contributed by atoms with Crippen LogP contribution in [-0.2, 0) is 9.59 Å². The van der Waals surface area contributed by atoms with Crippen LogP contribution >= 0.6 is 0 Å². The molecule has 6 heteroatoms. The van der Waals surface area contributed by atoms with Crippen LogP contribution in [0.25, 0.3) is 0 Å². The minimum atomic E-state index is -1.53. The van der Waals surface area contributed by atoms with Gasteiger partial charge in [-0.2, -0.15) is 0 Å². The minimum absolute atomic E-state index is 0.0137. The molecule has 0 fully saturated rings. The molecule has 0 spiro atoms. The van der Waals surface area contributed by atoms with Crippen molar-refractivity contribution in [1.82, 2.24) is 0 Å². The van der Waals surface area contributed by atoms with E-state index in [0.29, 0.717) is 0 Å². The number of aliphatic carboxylic acids is 2. The highest BCUT2D eigenvalue weighted by molar-refractivity contribution is 5.93. The molecule has 0 aromatic rings. The van der Waals surface area contributed by atoms with Crippen molar-refractivity contribution in [1.29, 1.82) is 0 Å². The average molecular weight is 218 g/mol. The monoisotopic (exact) mass is 218 g/mol. The summed E-state index contributed by atoms with van der Waals surface area (Å²) in [5, 5.41) is 35.2. The summed E-state index contributed by atoms with van der Waals surface area (Å²) in [6.07, 6.45) is -1.13. The molecule has 0 amide bonds. The molecular weight excluding hydrogens is 204 g/mol. The lowest BCUT2D eigenvalue weighted by Crippen LogP contribution is -2.32. The first-order valence-corrected chi connectivity index (χ1v) is 4.35. The Morgan fingerprint density at radius 3 is 2.13 bits per heavy atom. The van der Waals surface area contributed by atoms with Crippen LogP contribution in [0.4, 0.5) is 0 Å². The zero-order chi connectivity index (χ0) is 12.0. The van der Waals surface area contributed by atoms with Crippen molar-refractivity contribution in [3.05, 3.63) is 12.2 Å². The molecule has 0 heterocycles. The summed E-state index contributed by atoms with van der Waals surface area (Å²) in [5.41, 5.74) is -0.562. The van der Waals surface area contributed by atoms with Gasteiger partial charge in [-0.3, -0.25) is 4.79 Å². The van der Waals surface area contributed by atoms with E-state index >= 15 is 0 Å². The van der Waals surface area contributed by atoms with Crippen LogP contribution in [0.5, 0.6) is 0 Å². The minimum Gasteiger partial charge on any atom is -0.481 e. The van der Waals surface area contributed by atoms with E-state index in [2.05, 4.69) is 6.58 Å². The van der Waals surface area contributed by atoms with Gasteiger partial charge < -0.3 is 20.4 Å². The van der Waals surface area contributed by atoms with Gasteiger partial charge in [0.2, 0.25) is 0 Å². The van der Waals surface area contributed by atoms with Gasteiger partial charge in [0.05, 0.1) is 6.10 Å². The topological polar surface area (TPSA) is 115 Å². The second-order valence-electron chi connectivity index (χ2n) is 3.08. The zero-order valence-corrected chi connectivity index (χ0v) is 8.09. The maximum Gasteiger partial charge on any atom is 0.331 e. The van der Waals surface area contributed by atoms with Crippen LogP contribution in [0.3, 0.4) is 0 Å². The average Bonchev–Trinajstić information content (AvgIpc) is 2.14. The van der Waals surface area contributed by atoms with Gasteiger partial charge in [0.25, 0.3) is 0 Å². The fourth-order valence-electron chi connectivity index (χ4n) is 1.15. The van der Waals surface area contributed by atoms with Crippen LogP contribution in [0.1, 0.15) is 12.8 Å². The lowest BCUT2D eigenvalue weighted by molar-refractivity contribution is -0.147. The Kier molecular flexibility index (Phi) is 5.58. The standard InChI is InChI=1S/C9H14O6/c1-5(8(12)13)7(9(14)15)6(11)3-2-4-10/h6-7,10-11H,1-4H2,(H,12,13)(H,14,15). The van der Waals surface area contributed by atoms with Crippen molar-refractivity contribution in [2.75, 3.05) is 6.61 Å². The summed E-state index contributed by atoms with van der Waals surface area (Å²) < 4.78 is 0. The van der Waals surface area contributed by atoms with Crippen LogP contribution in [0.15, 0.2) is 12.2 Å². The molecule has 0 saturated heterocycles. The normalized spacial score (nSPS) is 14.3. The third-order valence-corrected chi connectivity index (χ3v) is 1.96. The van der Waals surface area contributed by atoms with Crippen LogP contribution in [-0.4, -0.2) is 45.1 Å². The number of hydrogen-bond donors (Lipinski definition) is 4. The van der Waals surface area contributed by atoms with Crippen LogP contribution in [0.2, 0.25) is 0 Å². The van der Waals surface area contributed by atoms with Crippen molar-refractivity contribution < 1.29 is 30.0 Å². The fourth-order valence-corrected chi connectivity index (χ4v) is 1.15. The molecular formula is C9H14O6. The molecule has 2 atom stereocenters. The highest BCUT2D eigenvalue weighted by atomic mass is 16.4. The third kappa shape index (κ3) is 4.09. The highest BCUT2D eigenvalue weighted by Gasteiger charge is 2.32. The van der Waals surface area contributed by atoms with Gasteiger partial charge in [0, 0.05) is 12.2 Å². The molecule has 86 valence electrons. The zero-order valence-electron chi connectivity index (χ0n) is 8.09. The number of hydrogen-bond acceptors (Lipinski definition) is 4. The lowest BCUT2D eigenvalue weighted by Gasteiger charge is -2.18. The predicted octanol–water partition coefficient (Wildman–Crippen LogP) is -0.539. The van der Waals surface area contributed by atoms with Gasteiger partial charge in [-0.15, -0.1) is 0 Å². The van der Waals surface area contributed by atoms with E-state index in [-0.39, 0.29) is 19.4 Å². The molecule has 6 nitrogen and oxygen atoms in total. The van der Waals surface area contributed by atoms with Crippen molar-refractivity contribution >= 4 is 11.9 Å². The molecule has 0 saturated carbocycles. The number of carboxylic acids is 2. The summed E-state index contributed by atoms with van der Waals surface area (Å²) in [7, 11) is 0. The molecule has 0 rings (SSSR count). The number of carbonyl (C=O) groups is 2. The molecule has 4 N–H and O–H groups in total. The van der Waals surface area contributed by atoms with Gasteiger partial charge in [-0.1, -0.05) is 6.58 Å². The quantitative estimate of drug-likeness (QED) is 0.427. The Labute approximate surface area is 86.5 Å². The summed E-state index contributed by atoms with van der Waals surface area (Å²) in [5.74, 6) is -4.42. The largest absolute Gasteiger partial charge is 0.481 e. The first-order valence-electron chi connectivity index (χ1n) is 4.35. The molecule has 0 aliphatic carbocycles. The smallest absolute Gasteiger partial charge is 0.331 e. The molecule has 0 aliphatic heterocycles. The second kappa shape index (κ2) is 6.15. The Hall–Kier alpha value is -1.40. The highest BCUT2D eigenvalue weighted by Crippen LogP contribution is 2.18. The van der Waals surface area contributed by atoms with E-state index < -0.39 is 29.5 Å². The Morgan fingerprint density at radius 2 is 1.80 bits per heavy atom. The Morgan fingerprint density at radius 1 is 1.27 bits per heavy atom. The summed E-state index contributed by atoms with van der Waals surface area (Å²) >= 11 is 0. The summed E-state index contributed by atoms with van der Waals surface area (Å²) in [4.78, 5) is 21.2. The predicted molar refractivity (Wildman–Crippen MR) is 50.2 cm³/mol. The molecule has 0 radical (unpaired) electrons.